The Bertz CT molecular complexity index is 975. The molecule has 2 aromatic rings. The minimum atomic E-state index is -0.962. The van der Waals surface area contributed by atoms with Crippen molar-refractivity contribution in [3.63, 3.8) is 0 Å². The minimum Gasteiger partial charge on any atom is -0.509 e. The molecule has 0 spiro atoms. The molecule has 1 aliphatic heterocycles. The minimum absolute atomic E-state index is 0.180. The molecule has 1 saturated carbocycles. The van der Waals surface area contributed by atoms with Crippen LogP contribution in [-0.2, 0) is 16.0 Å². The Hall–Kier alpha value is -3.08. The summed E-state index contributed by atoms with van der Waals surface area (Å²) >= 11 is 0. The Morgan fingerprint density at radius 2 is 1.74 bits per heavy atom. The van der Waals surface area contributed by atoms with Gasteiger partial charge in [-0.2, -0.15) is 0 Å². The molecule has 0 radical (unpaired) electrons. The first-order valence-electron chi connectivity index (χ1n) is 11.2. The van der Waals surface area contributed by atoms with E-state index in [1.54, 1.807) is 0 Å². The highest BCUT2D eigenvalue weighted by molar-refractivity contribution is 6.25. The third-order valence-corrected chi connectivity index (χ3v) is 6.69. The summed E-state index contributed by atoms with van der Waals surface area (Å²) in [6, 6.07) is 17.5. The summed E-state index contributed by atoms with van der Waals surface area (Å²) in [4.78, 5) is 25.5. The van der Waals surface area contributed by atoms with Crippen LogP contribution in [0.25, 0.3) is 0 Å². The molecule has 5 heteroatoms. The van der Waals surface area contributed by atoms with Gasteiger partial charge in [0.1, 0.15) is 16.9 Å². The lowest BCUT2D eigenvalue weighted by Crippen LogP contribution is -2.46. The van der Waals surface area contributed by atoms with Gasteiger partial charge in [0, 0.05) is 12.1 Å². The highest BCUT2D eigenvalue weighted by Gasteiger charge is 2.46. The molecule has 1 heterocycles. The molecule has 3 N–H and O–H groups in total. The number of benzene rings is 2. The molecule has 1 unspecified atom stereocenters. The molecular formula is C26H30N2O3. The van der Waals surface area contributed by atoms with Crippen molar-refractivity contribution in [2.75, 3.05) is 5.32 Å². The van der Waals surface area contributed by atoms with Gasteiger partial charge in [0.05, 0.1) is 0 Å². The van der Waals surface area contributed by atoms with Crippen LogP contribution in [0.3, 0.4) is 0 Å². The Labute approximate surface area is 183 Å². The Balaban J connectivity index is 1.51. The second-order valence-electron chi connectivity index (χ2n) is 8.69. The summed E-state index contributed by atoms with van der Waals surface area (Å²) in [6.45, 7) is 1.89. The fraction of sp³-hybridized carbons (Fsp3) is 0.385. The molecule has 1 aliphatic carbocycles. The molecule has 5 nitrogen and oxygen atoms in total. The van der Waals surface area contributed by atoms with Gasteiger partial charge >= 0.3 is 0 Å². The molecule has 162 valence electrons. The summed E-state index contributed by atoms with van der Waals surface area (Å²) in [6.07, 6.45) is 7.19. The zero-order chi connectivity index (χ0) is 21.8. The average molecular weight is 419 g/mol. The molecule has 1 atom stereocenters. The number of aliphatic hydroxyl groups is 1. The predicted octanol–water partition coefficient (Wildman–Crippen LogP) is 5.01. The largest absolute Gasteiger partial charge is 0.509 e. The third kappa shape index (κ3) is 4.36. The average Bonchev–Trinajstić information content (AvgIpc) is 3.05. The lowest BCUT2D eigenvalue weighted by molar-refractivity contribution is -0.121. The lowest BCUT2D eigenvalue weighted by Gasteiger charge is -2.28. The molecule has 1 fully saturated rings. The summed E-state index contributed by atoms with van der Waals surface area (Å²) < 4.78 is 0. The number of nitrogens with one attached hydrogen (secondary N) is 2. The molecule has 2 aromatic carbocycles. The maximum atomic E-state index is 12.9. The highest BCUT2D eigenvalue weighted by Crippen LogP contribution is 2.34. The number of hydrogen-bond donors (Lipinski definition) is 3. The Morgan fingerprint density at radius 1 is 1.06 bits per heavy atom. The summed E-state index contributed by atoms with van der Waals surface area (Å²) in [7, 11) is 0. The van der Waals surface area contributed by atoms with E-state index in [1.165, 1.54) is 37.7 Å². The molecular weight excluding hydrogens is 388 g/mol. The van der Waals surface area contributed by atoms with Gasteiger partial charge in [-0.05, 0) is 48.4 Å². The molecule has 31 heavy (non-hydrogen) atoms. The van der Waals surface area contributed by atoms with Gasteiger partial charge in [-0.1, -0.05) is 68.7 Å². The van der Waals surface area contributed by atoms with Gasteiger partial charge in [0.25, 0.3) is 11.8 Å². The van der Waals surface area contributed by atoms with Crippen molar-refractivity contribution < 1.29 is 14.7 Å². The number of hydrogen-bond acceptors (Lipinski definition) is 3. The van der Waals surface area contributed by atoms with Crippen LogP contribution in [0.15, 0.2) is 65.9 Å². The number of carbonyl (C=O) groups is 2. The zero-order valence-electron chi connectivity index (χ0n) is 18.0. The van der Waals surface area contributed by atoms with Gasteiger partial charge in [-0.15, -0.1) is 0 Å². The second kappa shape index (κ2) is 8.96. The van der Waals surface area contributed by atoms with Crippen molar-refractivity contribution in [1.29, 1.82) is 0 Å². The SMILES string of the molecule is CCC1(Cc2ccccc2)NC(=O)C(C(=O)Nc2ccc(C3CCCCC3)cc2)=C1O. The van der Waals surface area contributed by atoms with E-state index in [0.29, 0.717) is 24.4 Å². The van der Waals surface area contributed by atoms with E-state index in [4.69, 9.17) is 0 Å². The fourth-order valence-corrected chi connectivity index (χ4v) is 4.82. The molecule has 0 bridgehead atoms. The van der Waals surface area contributed by atoms with Gasteiger partial charge in [-0.25, -0.2) is 0 Å². The Kier molecular flexibility index (Phi) is 6.12. The number of rotatable bonds is 6. The smallest absolute Gasteiger partial charge is 0.264 e. The first-order chi connectivity index (χ1) is 15.0. The van der Waals surface area contributed by atoms with Crippen molar-refractivity contribution >= 4 is 17.5 Å². The van der Waals surface area contributed by atoms with Crippen molar-refractivity contribution in [2.24, 2.45) is 0 Å². The standard InChI is InChI=1S/C26H30N2O3/c1-2-26(17-18-9-5-3-6-10-18)23(29)22(25(31)28-26)24(30)27-21-15-13-20(14-16-21)19-11-7-4-8-12-19/h3,5-6,9-10,13-16,19,29H,2,4,7-8,11-12,17H2,1H3,(H,27,30)(H,28,31). The monoisotopic (exact) mass is 418 g/mol. The number of amides is 2. The predicted molar refractivity (Wildman–Crippen MR) is 122 cm³/mol. The van der Waals surface area contributed by atoms with Gasteiger partial charge in [0.15, 0.2) is 0 Å². The normalized spacial score (nSPS) is 21.8. The molecule has 0 aromatic heterocycles. The first-order valence-corrected chi connectivity index (χ1v) is 11.2. The van der Waals surface area contributed by atoms with Crippen LogP contribution < -0.4 is 10.6 Å². The van der Waals surface area contributed by atoms with E-state index in [2.05, 4.69) is 22.8 Å². The van der Waals surface area contributed by atoms with Crippen LogP contribution in [0.4, 0.5) is 5.69 Å². The maximum Gasteiger partial charge on any atom is 0.264 e. The van der Waals surface area contributed by atoms with Crippen molar-refractivity contribution in [2.45, 2.75) is 63.3 Å². The molecule has 2 aliphatic rings. The summed E-state index contributed by atoms with van der Waals surface area (Å²) in [5.74, 6) is -0.704. The highest BCUT2D eigenvalue weighted by atomic mass is 16.3. The van der Waals surface area contributed by atoms with Crippen LogP contribution >= 0.6 is 0 Å². The van der Waals surface area contributed by atoms with E-state index in [9.17, 15) is 14.7 Å². The summed E-state index contributed by atoms with van der Waals surface area (Å²) in [5, 5.41) is 16.6. The fourth-order valence-electron chi connectivity index (χ4n) is 4.82. The van der Waals surface area contributed by atoms with Gasteiger partial charge in [-0.3, -0.25) is 9.59 Å². The second-order valence-corrected chi connectivity index (χ2v) is 8.69. The van der Waals surface area contributed by atoms with Crippen molar-refractivity contribution in [3.8, 4) is 0 Å². The number of carbonyl (C=O) groups excluding carboxylic acids is 2. The van der Waals surface area contributed by atoms with E-state index in [1.807, 2.05) is 49.4 Å². The topological polar surface area (TPSA) is 78.4 Å². The van der Waals surface area contributed by atoms with Crippen LogP contribution in [0.5, 0.6) is 0 Å². The number of aliphatic hydroxyl groups excluding tert-OH is 1. The summed E-state index contributed by atoms with van der Waals surface area (Å²) in [5.41, 5.74) is 1.74. The first kappa shape index (κ1) is 21.2. The van der Waals surface area contributed by atoms with Crippen LogP contribution in [0.1, 0.15) is 62.5 Å². The van der Waals surface area contributed by atoms with Crippen LogP contribution in [0, 0.1) is 0 Å². The van der Waals surface area contributed by atoms with Crippen molar-refractivity contribution in [3.05, 3.63) is 77.1 Å². The molecule has 0 saturated heterocycles. The van der Waals surface area contributed by atoms with Gasteiger partial charge < -0.3 is 15.7 Å². The maximum absolute atomic E-state index is 12.9. The van der Waals surface area contributed by atoms with E-state index in [-0.39, 0.29) is 11.3 Å². The number of anilines is 1. The van der Waals surface area contributed by atoms with E-state index >= 15 is 0 Å². The lowest BCUT2D eigenvalue weighted by atomic mass is 9.84. The van der Waals surface area contributed by atoms with Crippen LogP contribution in [0.2, 0.25) is 0 Å². The molecule has 2 amide bonds. The van der Waals surface area contributed by atoms with E-state index in [0.717, 1.165) is 5.56 Å². The Morgan fingerprint density at radius 3 is 2.39 bits per heavy atom. The van der Waals surface area contributed by atoms with Gasteiger partial charge in [0.2, 0.25) is 0 Å². The molecule has 4 rings (SSSR count). The quantitative estimate of drug-likeness (QED) is 0.577. The van der Waals surface area contributed by atoms with E-state index < -0.39 is 17.4 Å². The van der Waals surface area contributed by atoms with Crippen LogP contribution in [-0.4, -0.2) is 22.5 Å². The third-order valence-electron chi connectivity index (χ3n) is 6.69. The van der Waals surface area contributed by atoms with Crippen molar-refractivity contribution in [1.82, 2.24) is 5.32 Å². The zero-order valence-corrected chi connectivity index (χ0v) is 18.0.